The third-order valence-electron chi connectivity index (χ3n) is 1.41. The monoisotopic (exact) mass is 205 g/mol. The van der Waals surface area contributed by atoms with Crippen LogP contribution in [0.2, 0.25) is 0 Å². The molecular formula is C8H6F3NO2. The molecule has 76 valence electrons. The summed E-state index contributed by atoms with van der Waals surface area (Å²) in [4.78, 5) is 10.5. The van der Waals surface area contributed by atoms with Gasteiger partial charge in [-0.1, -0.05) is 0 Å². The largest absolute Gasteiger partial charge is 0.505 e. The van der Waals surface area contributed by atoms with E-state index in [1.165, 1.54) is 0 Å². The SMILES string of the molecule is O=C(Nc1ccc(O)c(F)c1)C(F)F. The number of carbonyl (C=O) groups is 1. The van der Waals surface area contributed by atoms with E-state index in [0.717, 1.165) is 18.2 Å². The van der Waals surface area contributed by atoms with Crippen molar-refractivity contribution in [3.8, 4) is 5.75 Å². The Balaban J connectivity index is 2.78. The van der Waals surface area contributed by atoms with Gasteiger partial charge in [-0.25, -0.2) is 4.39 Å². The van der Waals surface area contributed by atoms with Crippen LogP contribution < -0.4 is 5.32 Å². The number of aromatic hydroxyl groups is 1. The van der Waals surface area contributed by atoms with Crippen molar-refractivity contribution in [2.24, 2.45) is 0 Å². The first-order valence-electron chi connectivity index (χ1n) is 3.58. The lowest BCUT2D eigenvalue weighted by Gasteiger charge is -2.04. The first-order chi connectivity index (χ1) is 6.50. The summed E-state index contributed by atoms with van der Waals surface area (Å²) in [6.07, 6.45) is -3.16. The van der Waals surface area contributed by atoms with Gasteiger partial charge in [-0.05, 0) is 12.1 Å². The lowest BCUT2D eigenvalue weighted by Crippen LogP contribution is -2.20. The molecule has 0 heterocycles. The number of benzene rings is 1. The number of rotatable bonds is 2. The average Bonchev–Trinajstić information content (AvgIpc) is 2.11. The molecule has 0 saturated heterocycles. The first-order valence-corrected chi connectivity index (χ1v) is 3.58. The van der Waals surface area contributed by atoms with Gasteiger partial charge >= 0.3 is 6.43 Å². The van der Waals surface area contributed by atoms with Gasteiger partial charge in [0.15, 0.2) is 11.6 Å². The minimum atomic E-state index is -3.16. The van der Waals surface area contributed by atoms with Gasteiger partial charge in [-0.15, -0.1) is 0 Å². The number of halogens is 3. The van der Waals surface area contributed by atoms with Crippen LogP contribution in [0.5, 0.6) is 5.75 Å². The van der Waals surface area contributed by atoms with Crippen molar-refractivity contribution in [1.82, 2.24) is 0 Å². The fraction of sp³-hybridized carbons (Fsp3) is 0.125. The number of alkyl halides is 2. The Kier molecular flexibility index (Phi) is 2.95. The highest BCUT2D eigenvalue weighted by Crippen LogP contribution is 2.19. The Hall–Kier alpha value is -1.72. The van der Waals surface area contributed by atoms with E-state index < -0.39 is 23.9 Å². The summed E-state index contributed by atoms with van der Waals surface area (Å²) in [5, 5.41) is 10.5. The third kappa shape index (κ3) is 2.38. The fourth-order valence-electron chi connectivity index (χ4n) is 0.781. The van der Waals surface area contributed by atoms with Crippen molar-refractivity contribution in [3.05, 3.63) is 24.0 Å². The van der Waals surface area contributed by atoms with E-state index in [1.54, 1.807) is 5.32 Å². The molecule has 0 saturated carbocycles. The molecule has 1 aromatic carbocycles. The summed E-state index contributed by atoms with van der Waals surface area (Å²) in [6.45, 7) is 0. The van der Waals surface area contributed by atoms with Crippen molar-refractivity contribution < 1.29 is 23.1 Å². The topological polar surface area (TPSA) is 49.3 Å². The molecule has 0 spiro atoms. The molecule has 2 N–H and O–H groups in total. The number of phenols is 1. The van der Waals surface area contributed by atoms with E-state index in [-0.39, 0.29) is 5.69 Å². The van der Waals surface area contributed by atoms with Gasteiger partial charge in [0.1, 0.15) is 0 Å². The molecule has 0 aliphatic carbocycles. The molecule has 14 heavy (non-hydrogen) atoms. The minimum absolute atomic E-state index is 0.134. The van der Waals surface area contributed by atoms with E-state index in [1.807, 2.05) is 0 Å². The van der Waals surface area contributed by atoms with Crippen LogP contribution in [0.1, 0.15) is 0 Å². The van der Waals surface area contributed by atoms with E-state index >= 15 is 0 Å². The zero-order valence-electron chi connectivity index (χ0n) is 6.80. The molecule has 0 fully saturated rings. The Morgan fingerprint density at radius 2 is 2.07 bits per heavy atom. The van der Waals surface area contributed by atoms with E-state index in [4.69, 9.17) is 5.11 Å². The second-order valence-corrected chi connectivity index (χ2v) is 2.46. The zero-order valence-corrected chi connectivity index (χ0v) is 6.80. The Morgan fingerprint density at radius 1 is 1.43 bits per heavy atom. The first kappa shape index (κ1) is 10.4. The van der Waals surface area contributed by atoms with Crippen LogP contribution in [-0.2, 0) is 4.79 Å². The van der Waals surface area contributed by atoms with E-state index in [9.17, 15) is 18.0 Å². The lowest BCUT2D eigenvalue weighted by molar-refractivity contribution is -0.126. The summed E-state index contributed by atoms with van der Waals surface area (Å²) in [5.74, 6) is -3.12. The van der Waals surface area contributed by atoms with Crippen LogP contribution in [0.4, 0.5) is 18.9 Å². The van der Waals surface area contributed by atoms with Crippen LogP contribution in [0.25, 0.3) is 0 Å². The maximum absolute atomic E-state index is 12.6. The van der Waals surface area contributed by atoms with Gasteiger partial charge in [0.2, 0.25) is 0 Å². The Bertz CT molecular complexity index is 354. The number of anilines is 1. The molecular weight excluding hydrogens is 199 g/mol. The maximum Gasteiger partial charge on any atom is 0.315 e. The molecule has 0 radical (unpaired) electrons. The highest BCUT2D eigenvalue weighted by molar-refractivity contribution is 5.93. The molecule has 0 aliphatic heterocycles. The van der Waals surface area contributed by atoms with E-state index in [0.29, 0.717) is 0 Å². The number of carbonyl (C=O) groups excluding carboxylic acids is 1. The van der Waals surface area contributed by atoms with Gasteiger partial charge < -0.3 is 10.4 Å². The van der Waals surface area contributed by atoms with Gasteiger partial charge in [0.05, 0.1) is 0 Å². The van der Waals surface area contributed by atoms with Gasteiger partial charge in [-0.3, -0.25) is 4.79 Å². The summed E-state index contributed by atoms with van der Waals surface area (Å²) in [5.41, 5.74) is -0.134. The van der Waals surface area contributed by atoms with Crippen LogP contribution in [0.3, 0.4) is 0 Å². The molecule has 1 aromatic rings. The summed E-state index contributed by atoms with van der Waals surface area (Å²) in [7, 11) is 0. The Labute approximate surface area is 77.2 Å². The number of hydrogen-bond acceptors (Lipinski definition) is 2. The van der Waals surface area contributed by atoms with Crippen molar-refractivity contribution in [1.29, 1.82) is 0 Å². The predicted molar refractivity (Wildman–Crippen MR) is 42.7 cm³/mol. The average molecular weight is 205 g/mol. The van der Waals surface area contributed by atoms with Crippen LogP contribution in [0.15, 0.2) is 18.2 Å². The highest BCUT2D eigenvalue weighted by Gasteiger charge is 2.15. The molecule has 1 amide bonds. The summed E-state index contributed by atoms with van der Waals surface area (Å²) in [6, 6.07) is 2.81. The molecule has 3 nitrogen and oxygen atoms in total. The minimum Gasteiger partial charge on any atom is -0.505 e. The lowest BCUT2D eigenvalue weighted by atomic mass is 10.3. The quantitative estimate of drug-likeness (QED) is 0.722. The van der Waals surface area contributed by atoms with Crippen molar-refractivity contribution in [2.75, 3.05) is 5.32 Å². The molecule has 1 rings (SSSR count). The van der Waals surface area contributed by atoms with Crippen molar-refractivity contribution >= 4 is 11.6 Å². The summed E-state index contributed by atoms with van der Waals surface area (Å²) >= 11 is 0. The number of hydrogen-bond donors (Lipinski definition) is 2. The van der Waals surface area contributed by atoms with Gasteiger partial charge in [0, 0.05) is 11.8 Å². The smallest absolute Gasteiger partial charge is 0.315 e. The number of phenolic OH excluding ortho intramolecular Hbond substituents is 1. The molecule has 6 heteroatoms. The fourth-order valence-corrected chi connectivity index (χ4v) is 0.781. The summed E-state index contributed by atoms with van der Waals surface area (Å²) < 4.78 is 36.1. The number of nitrogens with one attached hydrogen (secondary N) is 1. The molecule has 0 unspecified atom stereocenters. The second-order valence-electron chi connectivity index (χ2n) is 2.46. The molecule has 0 bridgehead atoms. The van der Waals surface area contributed by atoms with Gasteiger partial charge in [-0.2, -0.15) is 8.78 Å². The molecule has 0 atom stereocenters. The van der Waals surface area contributed by atoms with Gasteiger partial charge in [0.25, 0.3) is 5.91 Å². The highest BCUT2D eigenvalue weighted by atomic mass is 19.3. The van der Waals surface area contributed by atoms with Crippen LogP contribution in [0, 0.1) is 5.82 Å². The maximum atomic E-state index is 12.6. The van der Waals surface area contributed by atoms with Crippen molar-refractivity contribution in [3.63, 3.8) is 0 Å². The third-order valence-corrected chi connectivity index (χ3v) is 1.41. The van der Waals surface area contributed by atoms with Crippen molar-refractivity contribution in [2.45, 2.75) is 6.43 Å². The molecule has 0 aromatic heterocycles. The number of amides is 1. The predicted octanol–water partition coefficient (Wildman–Crippen LogP) is 1.73. The standard InChI is InChI=1S/C8H6F3NO2/c9-5-3-4(1-2-6(5)13)12-8(14)7(10)11/h1-3,7,13H,(H,12,14). The second kappa shape index (κ2) is 3.99. The van der Waals surface area contributed by atoms with Crippen LogP contribution >= 0.6 is 0 Å². The normalized spacial score (nSPS) is 10.3. The van der Waals surface area contributed by atoms with E-state index in [2.05, 4.69) is 0 Å². The van der Waals surface area contributed by atoms with Crippen LogP contribution in [-0.4, -0.2) is 17.4 Å². The molecule has 0 aliphatic rings. The zero-order chi connectivity index (χ0) is 10.7. The Morgan fingerprint density at radius 3 is 2.57 bits per heavy atom.